The Bertz CT molecular complexity index is 1750. The maximum atomic E-state index is 7.44. The van der Waals surface area contributed by atoms with Crippen molar-refractivity contribution in [3.63, 3.8) is 0 Å². The second kappa shape index (κ2) is 14.6. The van der Waals surface area contributed by atoms with E-state index in [1.54, 1.807) is 0 Å². The molecule has 0 aromatic heterocycles. The fraction of sp³-hybridized carbons (Fsp3) is 0.263. The molecule has 0 spiro atoms. The largest absolute Gasteiger partial charge is 1.00 e. The van der Waals surface area contributed by atoms with E-state index in [1.807, 2.05) is 0 Å². The Balaban J connectivity index is 0.00000240. The van der Waals surface area contributed by atoms with Crippen LogP contribution in [0.5, 0.6) is 0 Å². The van der Waals surface area contributed by atoms with Gasteiger partial charge in [0.05, 0.1) is 0 Å². The van der Waals surface area contributed by atoms with Gasteiger partial charge in [0.1, 0.15) is 0 Å². The summed E-state index contributed by atoms with van der Waals surface area (Å²) in [6, 6.07) is 30.3. The Hall–Kier alpha value is -0.800. The minimum absolute atomic E-state index is 0. The number of fused-ring (bicyclic) bond motifs is 2. The summed E-state index contributed by atoms with van der Waals surface area (Å²) in [5, 5.41) is 0. The zero-order valence-corrected chi connectivity index (χ0v) is 34.7. The summed E-state index contributed by atoms with van der Waals surface area (Å²) in [6.07, 6.45) is 4.75. The number of aryl methyl sites for hydroxylation is 2. The third kappa shape index (κ3) is 5.60. The van der Waals surface area contributed by atoms with E-state index in [-0.39, 0.29) is 24.8 Å². The second-order valence-corrected chi connectivity index (χ2v) is 32.7. The van der Waals surface area contributed by atoms with E-state index in [0.29, 0.717) is 0 Å². The molecule has 46 heavy (non-hydrogen) atoms. The molecule has 0 saturated carbocycles. The predicted octanol–water partition coefficient (Wildman–Crippen LogP) is 6.05. The van der Waals surface area contributed by atoms with E-state index in [1.165, 1.54) is 66.8 Å². The van der Waals surface area contributed by atoms with Crippen LogP contribution in [0.1, 0.15) is 47.2 Å². The van der Waals surface area contributed by atoms with Crippen molar-refractivity contribution < 1.29 is 45.2 Å². The van der Waals surface area contributed by atoms with Gasteiger partial charge in [-0.05, 0) is 0 Å². The topological polar surface area (TPSA) is 0 Å². The number of benzene rings is 4. The van der Waals surface area contributed by atoms with Crippen molar-refractivity contribution >= 4 is 64.0 Å². The van der Waals surface area contributed by atoms with Crippen LogP contribution in [0.2, 0.25) is 13.1 Å². The number of hydrogen-bond donors (Lipinski definition) is 0. The Morgan fingerprint density at radius 2 is 0.891 bits per heavy atom. The number of hydrogen-bond acceptors (Lipinski definition) is 0. The van der Waals surface area contributed by atoms with Crippen molar-refractivity contribution in [1.82, 2.24) is 0 Å². The Kier molecular flexibility index (Phi) is 12.1. The molecular weight excluding hydrogens is 788 g/mol. The third-order valence-corrected chi connectivity index (χ3v) is 34.4. The average molecular weight is 825 g/mol. The van der Waals surface area contributed by atoms with E-state index in [2.05, 4.69) is 138 Å². The van der Waals surface area contributed by atoms with Crippen LogP contribution in [-0.2, 0) is 26.6 Å². The van der Waals surface area contributed by atoms with Crippen LogP contribution in [0, 0.1) is 13.8 Å². The maximum absolute atomic E-state index is 7.44. The fourth-order valence-electron chi connectivity index (χ4n) is 8.12. The average Bonchev–Trinajstić information content (AvgIpc) is 3.48. The van der Waals surface area contributed by atoms with Gasteiger partial charge < -0.3 is 24.8 Å². The second-order valence-electron chi connectivity index (χ2n) is 12.4. The Morgan fingerprint density at radius 3 is 1.20 bits per heavy atom. The summed E-state index contributed by atoms with van der Waals surface area (Å²) in [5.74, 6) is 0. The molecule has 2 aliphatic carbocycles. The van der Waals surface area contributed by atoms with Gasteiger partial charge in [0.25, 0.3) is 0 Å². The normalized spacial score (nSPS) is 19.4. The minimum Gasteiger partial charge on any atom is -1.00 e. The molecule has 2 atom stereocenters. The first kappa shape index (κ1) is 38.0. The summed E-state index contributed by atoms with van der Waals surface area (Å²) in [5.41, 5.74) is 13.8. The van der Waals surface area contributed by atoms with Crippen molar-refractivity contribution in [2.24, 2.45) is 0 Å². The Labute approximate surface area is 314 Å². The summed E-state index contributed by atoms with van der Waals surface area (Å²) in [4.78, 5) is -1.28. The van der Waals surface area contributed by atoms with Crippen LogP contribution in [0.25, 0.3) is 34.4 Å². The van der Waals surface area contributed by atoms with E-state index >= 15 is 0 Å². The smallest absolute Gasteiger partial charge is 1.00 e. The van der Waals surface area contributed by atoms with Crippen molar-refractivity contribution in [2.45, 2.75) is 56.7 Å². The van der Waals surface area contributed by atoms with Gasteiger partial charge in [-0.2, -0.15) is 0 Å². The van der Waals surface area contributed by atoms with Crippen LogP contribution in [0.15, 0.2) is 96.1 Å². The molecule has 0 amide bonds. The number of rotatable bonds is 6. The van der Waals surface area contributed by atoms with E-state index in [4.69, 9.17) is 46.4 Å². The third-order valence-electron chi connectivity index (χ3n) is 9.77. The molecule has 0 N–H and O–H groups in total. The summed E-state index contributed by atoms with van der Waals surface area (Å²) < 4.78 is -1.03. The molecule has 238 valence electrons. The van der Waals surface area contributed by atoms with Gasteiger partial charge in [-0.1, -0.05) is 0 Å². The summed E-state index contributed by atoms with van der Waals surface area (Å²) >= 11 is 26.6. The van der Waals surface area contributed by atoms with Gasteiger partial charge in [-0.15, -0.1) is 0 Å². The van der Waals surface area contributed by atoms with Crippen LogP contribution in [0.4, 0.5) is 0 Å². The molecular formula is C38H36Cl6SiZr. The van der Waals surface area contributed by atoms with Gasteiger partial charge in [-0.3, -0.25) is 0 Å². The molecule has 0 aliphatic heterocycles. The molecule has 0 heterocycles. The van der Waals surface area contributed by atoms with Crippen LogP contribution < -0.4 is 24.8 Å². The van der Waals surface area contributed by atoms with E-state index in [9.17, 15) is 0 Å². The summed E-state index contributed by atoms with van der Waals surface area (Å²) in [7, 11) is 0. The van der Waals surface area contributed by atoms with Crippen LogP contribution in [-0.4, -0.2) is 15.1 Å². The van der Waals surface area contributed by atoms with Gasteiger partial charge in [0.2, 0.25) is 0 Å². The SMILES string of the molecule is CC1=Cc2c(-c3ccccc3)ccc(C)c2[C]1(C(Cl)Cl)[Zr+2](=[Si](C)C)[C]1(C(Cl)Cl)C(C)=Cc2c(-c3ccccc3)ccc(C)c21.[Cl-].[Cl-]. The van der Waals surface area contributed by atoms with Gasteiger partial charge in [-0.25, -0.2) is 0 Å². The predicted molar refractivity (Wildman–Crippen MR) is 192 cm³/mol. The van der Waals surface area contributed by atoms with Crippen LogP contribution in [0.3, 0.4) is 0 Å². The van der Waals surface area contributed by atoms with Gasteiger partial charge >= 0.3 is 293 Å². The van der Waals surface area contributed by atoms with Crippen molar-refractivity contribution in [3.05, 3.63) is 129 Å². The zero-order chi connectivity index (χ0) is 31.6. The number of alkyl halides is 4. The van der Waals surface area contributed by atoms with Crippen molar-refractivity contribution in [1.29, 1.82) is 0 Å². The molecule has 4 aromatic carbocycles. The monoisotopic (exact) mass is 820 g/mol. The summed E-state index contributed by atoms with van der Waals surface area (Å²) in [6.45, 7) is 13.9. The zero-order valence-electron chi connectivity index (χ0n) is 26.7. The molecule has 4 aromatic rings. The van der Waals surface area contributed by atoms with Crippen molar-refractivity contribution in [2.75, 3.05) is 0 Å². The number of allylic oxidation sites excluding steroid dienone is 2. The molecule has 0 nitrogen and oxygen atoms in total. The maximum Gasteiger partial charge on any atom is -1.00 e. The first-order valence-corrected chi connectivity index (χ1v) is 25.4. The molecule has 0 saturated heterocycles. The molecule has 2 aliphatic rings. The molecule has 0 fully saturated rings. The molecule has 2 unspecified atom stereocenters. The first-order chi connectivity index (χ1) is 21.0. The quantitative estimate of drug-likeness (QED) is 0.164. The number of halogens is 6. The van der Waals surface area contributed by atoms with Crippen LogP contribution >= 0.6 is 46.4 Å². The van der Waals surface area contributed by atoms with E-state index < -0.39 is 41.7 Å². The molecule has 0 bridgehead atoms. The standard InChI is InChI=1S/2C18H15Cl2.C2H6Si.2ClH.Zr/c2*1-11-8-9-14(13-6-4-3-5-7-13)15-10-12(2)17(16(11)15)18(19)20;1-3-2;;;/h2*3-10,18H,1-2H3;1-2H3;2*1H;/q;;;;;+2/p-2. The minimum atomic E-state index is -3.14. The fourth-order valence-corrected chi connectivity index (χ4v) is 40.5. The van der Waals surface area contributed by atoms with Gasteiger partial charge in [0, 0.05) is 0 Å². The Morgan fingerprint density at radius 1 is 0.543 bits per heavy atom. The molecule has 8 heteroatoms. The van der Waals surface area contributed by atoms with Crippen molar-refractivity contribution in [3.8, 4) is 22.3 Å². The molecule has 6 rings (SSSR count). The van der Waals surface area contributed by atoms with E-state index in [0.717, 1.165) is 0 Å². The molecule has 0 radical (unpaired) electrons. The first-order valence-electron chi connectivity index (χ1n) is 15.0. The van der Waals surface area contributed by atoms with Gasteiger partial charge in [0.15, 0.2) is 0 Å².